The monoisotopic (exact) mass is 999 g/mol. The summed E-state index contributed by atoms with van der Waals surface area (Å²) in [6.07, 6.45) is 8.51. The summed E-state index contributed by atoms with van der Waals surface area (Å²) in [4.78, 5) is 42.8. The zero-order chi connectivity index (χ0) is 49.2. The van der Waals surface area contributed by atoms with E-state index in [-0.39, 0.29) is 81.8 Å². The van der Waals surface area contributed by atoms with E-state index in [0.717, 1.165) is 63.1 Å². The number of benzene rings is 3. The van der Waals surface area contributed by atoms with Crippen LogP contribution in [0.1, 0.15) is 92.2 Å². The number of rotatable bonds is 11. The van der Waals surface area contributed by atoms with Crippen LogP contribution in [-0.2, 0) is 19.3 Å². The zero-order valence-corrected chi connectivity index (χ0v) is 41.4. The Morgan fingerprint density at radius 1 is 1.00 bits per heavy atom. The van der Waals surface area contributed by atoms with E-state index in [0.29, 0.717) is 61.3 Å². The smallest absolute Gasteiger partial charge is 0.297 e. The quantitative estimate of drug-likeness (QED) is 0.0894. The second-order valence-electron chi connectivity index (χ2n) is 21.8. The fourth-order valence-corrected chi connectivity index (χ4v) is 15.4. The van der Waals surface area contributed by atoms with Gasteiger partial charge in [-0.25, -0.2) is 8.42 Å². The normalized spacial score (nSPS) is 26.8. The van der Waals surface area contributed by atoms with Gasteiger partial charge >= 0.3 is 0 Å². The number of hydrogen-bond donors (Lipinski definition) is 3. The van der Waals surface area contributed by atoms with Gasteiger partial charge in [-0.1, -0.05) is 38.1 Å². The van der Waals surface area contributed by atoms with Crippen LogP contribution in [0.3, 0.4) is 0 Å². The summed E-state index contributed by atoms with van der Waals surface area (Å²) in [7, 11) is -4.77. The summed E-state index contributed by atoms with van der Waals surface area (Å²) >= 11 is 0. The minimum atomic E-state index is -4.77. The lowest BCUT2D eigenvalue weighted by atomic mass is 9.59. The molecule has 378 valence electrons. The Hall–Kier alpha value is -5.99. The van der Waals surface area contributed by atoms with Gasteiger partial charge in [0.1, 0.15) is 28.9 Å². The van der Waals surface area contributed by atoms with Crippen LogP contribution in [0.5, 0.6) is 11.6 Å². The topological polar surface area (TPSA) is 211 Å². The highest BCUT2D eigenvalue weighted by atomic mass is 32.2. The van der Waals surface area contributed by atoms with Crippen LogP contribution in [0.4, 0.5) is 28.4 Å². The van der Waals surface area contributed by atoms with Gasteiger partial charge in [-0.15, -0.1) is 0 Å². The Kier molecular flexibility index (Phi) is 11.0. The average molecular weight is 1000 g/mol. The SMILES string of the molecule is CC(C)c1ccccc1[C@@H]1CCCN1C1CC2(CCN(c3ccc(C(N)=O)c(N4c5cc6cc[nH]c6nc5O[C@@H]5COC[C@H]54)c3S(=O)(=O)c3cc4c(c([N+](=O)[O-])c3)N[C@H](CN3C[C@H]5C[C@@H]3CO5)CO4)CC2)C1. The van der Waals surface area contributed by atoms with Crippen molar-refractivity contribution >= 4 is 55.2 Å². The van der Waals surface area contributed by atoms with Gasteiger partial charge in [-0.3, -0.25) is 24.7 Å². The molecule has 7 aliphatic heterocycles. The van der Waals surface area contributed by atoms with Crippen molar-refractivity contribution in [2.24, 2.45) is 11.1 Å². The molecular weight excluding hydrogens is 939 g/mol. The lowest BCUT2D eigenvalue weighted by Gasteiger charge is -2.56. The highest BCUT2D eigenvalue weighted by Crippen LogP contribution is 2.56. The predicted molar refractivity (Wildman–Crippen MR) is 270 cm³/mol. The summed E-state index contributed by atoms with van der Waals surface area (Å²) < 4.78 is 56.8. The van der Waals surface area contributed by atoms with Gasteiger partial charge in [-0.2, -0.15) is 4.98 Å². The molecule has 5 aromatic rings. The van der Waals surface area contributed by atoms with Crippen LogP contribution < -0.4 is 30.3 Å². The lowest BCUT2D eigenvalue weighted by Crippen LogP contribution is -2.55. The average Bonchev–Trinajstić information content (AvgIpc) is 4.24. The Balaban J connectivity index is 0.883. The molecule has 18 nitrogen and oxygen atoms in total. The van der Waals surface area contributed by atoms with E-state index < -0.39 is 38.5 Å². The maximum atomic E-state index is 16.1. The van der Waals surface area contributed by atoms with E-state index in [4.69, 9.17) is 29.7 Å². The van der Waals surface area contributed by atoms with Crippen molar-refractivity contribution in [3.05, 3.63) is 93.7 Å². The van der Waals surface area contributed by atoms with Gasteiger partial charge in [0.25, 0.3) is 11.6 Å². The number of aromatic nitrogens is 2. The third-order valence-electron chi connectivity index (χ3n) is 17.3. The summed E-state index contributed by atoms with van der Waals surface area (Å²) in [5.41, 5.74) is 10.4. The number of anilines is 4. The van der Waals surface area contributed by atoms with Gasteiger partial charge < -0.3 is 44.8 Å². The molecule has 8 aliphatic rings. The molecule has 5 saturated heterocycles. The van der Waals surface area contributed by atoms with E-state index in [1.54, 1.807) is 18.3 Å². The molecule has 3 aromatic carbocycles. The number of ether oxygens (including phenoxy) is 4. The molecule has 1 saturated carbocycles. The van der Waals surface area contributed by atoms with Crippen molar-refractivity contribution in [3.8, 4) is 11.6 Å². The number of aromatic amines is 1. The number of amides is 1. The van der Waals surface area contributed by atoms with Crippen LogP contribution in [0.2, 0.25) is 0 Å². The van der Waals surface area contributed by atoms with Crippen LogP contribution >= 0.6 is 0 Å². The van der Waals surface area contributed by atoms with Crippen molar-refractivity contribution in [1.29, 1.82) is 0 Å². The number of piperidine rings is 1. The molecule has 2 bridgehead atoms. The number of carbonyl (C=O) groups is 1. The van der Waals surface area contributed by atoms with Crippen molar-refractivity contribution < 1.29 is 37.1 Å². The first-order valence-electron chi connectivity index (χ1n) is 25.7. The van der Waals surface area contributed by atoms with Crippen molar-refractivity contribution in [1.82, 2.24) is 19.8 Å². The predicted octanol–water partition coefficient (Wildman–Crippen LogP) is 7.06. The molecule has 6 atom stereocenters. The second kappa shape index (κ2) is 17.3. The number of primary amides is 1. The van der Waals surface area contributed by atoms with E-state index in [9.17, 15) is 14.9 Å². The molecule has 9 heterocycles. The highest BCUT2D eigenvalue weighted by molar-refractivity contribution is 7.91. The molecule has 0 radical (unpaired) electrons. The Morgan fingerprint density at radius 2 is 1.83 bits per heavy atom. The van der Waals surface area contributed by atoms with Crippen molar-refractivity contribution in [2.45, 2.75) is 117 Å². The summed E-state index contributed by atoms with van der Waals surface area (Å²) in [6.45, 7) is 9.31. The van der Waals surface area contributed by atoms with E-state index in [1.165, 1.54) is 23.6 Å². The van der Waals surface area contributed by atoms with Crippen LogP contribution in [0.25, 0.3) is 11.0 Å². The van der Waals surface area contributed by atoms with Crippen LogP contribution in [-0.4, -0.2) is 135 Å². The number of morpholine rings is 1. The number of nitrogens with two attached hydrogens (primary N) is 1. The molecular formula is C53H61N9O9S. The fraction of sp³-hybridized carbons (Fsp3) is 0.509. The van der Waals surface area contributed by atoms with Gasteiger partial charge in [0, 0.05) is 68.0 Å². The third kappa shape index (κ3) is 7.51. The Bertz CT molecular complexity index is 3110. The first-order chi connectivity index (χ1) is 34.8. The van der Waals surface area contributed by atoms with Gasteiger partial charge in [0.15, 0.2) is 11.4 Å². The van der Waals surface area contributed by atoms with E-state index in [2.05, 4.69) is 63.1 Å². The fourth-order valence-electron chi connectivity index (χ4n) is 13.7. The first-order valence-corrected chi connectivity index (χ1v) is 27.2. The molecule has 0 unspecified atom stereocenters. The summed E-state index contributed by atoms with van der Waals surface area (Å²) in [5.74, 6) is -0.0940. The third-order valence-corrected chi connectivity index (χ3v) is 19.1. The van der Waals surface area contributed by atoms with Crippen LogP contribution in [0.15, 0.2) is 76.7 Å². The number of likely N-dealkylation sites (tertiary alicyclic amines) is 2. The summed E-state index contributed by atoms with van der Waals surface area (Å²) in [6, 6.07) is 18.7. The number of pyridine rings is 1. The van der Waals surface area contributed by atoms with Crippen LogP contribution in [0, 0.1) is 15.5 Å². The number of nitrogens with one attached hydrogen (secondary N) is 2. The molecule has 4 N–H and O–H groups in total. The van der Waals surface area contributed by atoms with Gasteiger partial charge in [0.05, 0.1) is 64.8 Å². The standard InChI is InChI=1S/C53H61N9O9S/c1-30(2)37-6-3-4-7-38(37)40-8-5-15-60(40)34-22-53(23-34)12-16-58(17-13-53)41-10-9-39(50(54)63)48(61-43-18-31-11-14-55-51(31)57-52(43)71-46-29-68-28-44(46)61)49(41)72(66,67)36-20-42(62(64)65)47-45(21-36)70-26-32(56-47)24-59-25-35-19-33(59)27-69-35/h3-4,6-7,9-11,14,18,20-21,30,32-35,40,44,46,56H,5,8,12-13,15-17,19,22-29H2,1-2H3,(H2,54,63)(H,55,57)/t32-,33-,35-,40+,44-,46-/m1/s1. The maximum absolute atomic E-state index is 16.1. The molecule has 1 spiro atoms. The number of nitro groups is 1. The number of nitro benzene ring substituents is 1. The largest absolute Gasteiger partial charge is 0.489 e. The van der Waals surface area contributed by atoms with Crippen molar-refractivity contribution in [3.63, 3.8) is 0 Å². The second-order valence-corrected chi connectivity index (χ2v) is 23.7. The van der Waals surface area contributed by atoms with Gasteiger partial charge in [-0.05, 0) is 98.2 Å². The number of H-pyrrole nitrogens is 1. The molecule has 2 aromatic heterocycles. The minimum absolute atomic E-state index is 0.0336. The lowest BCUT2D eigenvalue weighted by molar-refractivity contribution is -0.384. The summed E-state index contributed by atoms with van der Waals surface area (Å²) in [5, 5.41) is 17.2. The number of fused-ring (bicyclic) bond motifs is 6. The van der Waals surface area contributed by atoms with E-state index in [1.807, 2.05) is 17.0 Å². The van der Waals surface area contributed by atoms with E-state index >= 15 is 8.42 Å². The molecule has 72 heavy (non-hydrogen) atoms. The van der Waals surface area contributed by atoms with Crippen molar-refractivity contribution in [2.75, 3.05) is 74.3 Å². The maximum Gasteiger partial charge on any atom is 0.297 e. The Labute approximate surface area is 418 Å². The highest BCUT2D eigenvalue weighted by Gasteiger charge is 2.52. The molecule has 1 amide bonds. The van der Waals surface area contributed by atoms with Gasteiger partial charge in [0.2, 0.25) is 15.7 Å². The zero-order valence-electron chi connectivity index (χ0n) is 40.6. The first kappa shape index (κ1) is 45.8. The number of carbonyl (C=O) groups excluding carboxylic acids is 1. The number of nitrogens with zero attached hydrogens (tertiary/aromatic N) is 6. The minimum Gasteiger partial charge on any atom is -0.489 e. The molecule has 1 aliphatic carbocycles. The number of hydrogen-bond acceptors (Lipinski definition) is 15. The molecule has 19 heteroatoms. The Morgan fingerprint density at radius 3 is 2.60 bits per heavy atom. The molecule has 6 fully saturated rings. The number of sulfone groups is 1. The molecule has 13 rings (SSSR count).